The summed E-state index contributed by atoms with van der Waals surface area (Å²) >= 11 is 0. The second-order valence-corrected chi connectivity index (χ2v) is 23.1. The van der Waals surface area contributed by atoms with Crippen LogP contribution in [0.4, 0.5) is 22.7 Å². The Morgan fingerprint density at radius 3 is 1.53 bits per heavy atom. The molecule has 0 aliphatic carbocycles. The van der Waals surface area contributed by atoms with Crippen LogP contribution in [-0.2, 0) is 0 Å². The first kappa shape index (κ1) is 34.1. The van der Waals surface area contributed by atoms with Crippen molar-refractivity contribution in [2.24, 2.45) is 0 Å². The first-order valence-corrected chi connectivity index (χ1v) is 23.0. The van der Waals surface area contributed by atoms with Gasteiger partial charge in [-0.05, 0) is 0 Å². The van der Waals surface area contributed by atoms with Crippen molar-refractivity contribution in [1.29, 1.82) is 0 Å². The van der Waals surface area contributed by atoms with E-state index >= 15 is 0 Å². The Morgan fingerprint density at radius 2 is 0.943 bits per heavy atom. The molecular formula is C49H48N2P2. The number of anilines is 4. The molecule has 1 aliphatic rings. The van der Waals surface area contributed by atoms with E-state index in [4.69, 9.17) is 0 Å². The van der Waals surface area contributed by atoms with Crippen LogP contribution >= 0.6 is 15.2 Å². The van der Waals surface area contributed by atoms with Crippen LogP contribution < -0.4 is 31.0 Å². The molecular weight excluding hydrogens is 679 g/mol. The quantitative estimate of drug-likeness (QED) is 0.164. The number of nitrogens with zero attached hydrogens (tertiary/aromatic N) is 2. The molecule has 0 amide bonds. The van der Waals surface area contributed by atoms with Gasteiger partial charge in [-0.1, -0.05) is 0 Å². The molecule has 4 heteroatoms. The van der Waals surface area contributed by atoms with Crippen LogP contribution in [0.2, 0.25) is 0 Å². The molecule has 1 atom stereocenters. The second kappa shape index (κ2) is 13.0. The van der Waals surface area contributed by atoms with Gasteiger partial charge in [0.1, 0.15) is 0 Å². The molecule has 1 unspecified atom stereocenters. The van der Waals surface area contributed by atoms with Crippen molar-refractivity contribution in [2.75, 3.05) is 30.6 Å². The maximum atomic E-state index is 2.64. The van der Waals surface area contributed by atoms with Crippen molar-refractivity contribution < 1.29 is 0 Å². The summed E-state index contributed by atoms with van der Waals surface area (Å²) in [5.41, 5.74) is 6.13. The van der Waals surface area contributed by atoms with E-state index in [0.717, 1.165) is 0 Å². The van der Waals surface area contributed by atoms with Crippen LogP contribution in [0.5, 0.6) is 0 Å². The molecule has 53 heavy (non-hydrogen) atoms. The Hall–Kier alpha value is -4.74. The normalized spacial score (nSPS) is 16.3. The minimum absolute atomic E-state index is 0.396. The molecule has 0 radical (unpaired) electrons. The second-order valence-electron chi connectivity index (χ2n) is 15.7. The molecule has 9 rings (SSSR count). The van der Waals surface area contributed by atoms with Gasteiger partial charge in [-0.2, -0.15) is 0 Å². The zero-order valence-corrected chi connectivity index (χ0v) is 33.7. The molecule has 8 aromatic rings. The van der Waals surface area contributed by atoms with Crippen molar-refractivity contribution in [2.45, 2.75) is 39.0 Å². The number of hydrogen-bond acceptors (Lipinski definition) is 2. The van der Waals surface area contributed by atoms with E-state index in [9.17, 15) is 0 Å². The van der Waals surface area contributed by atoms with Crippen LogP contribution in [0.3, 0.4) is 0 Å². The van der Waals surface area contributed by atoms with E-state index < -0.39 is 15.2 Å². The zero-order valence-electron chi connectivity index (χ0n) is 31.9. The van der Waals surface area contributed by atoms with Gasteiger partial charge in [0.25, 0.3) is 0 Å². The Bertz CT molecular complexity index is 2710. The van der Waals surface area contributed by atoms with Crippen molar-refractivity contribution in [3.8, 4) is 0 Å². The standard InChI is InChI=1S/C49H48N2P2/c1-32(2)52-44-26-24-34-16-12-14-22-40(34)48(44)51(6)49-41-23-15-13-17-35(41)25-27-46(49)53(7,33(3)4)47-31-39-21-11-9-19-37(39)29-43(47)50(5)42-28-36-18-8-10-20-38(36)30-45(42)52/h8-33,53H,1-7H3. The van der Waals surface area contributed by atoms with E-state index in [1.165, 1.54) is 87.1 Å². The fourth-order valence-corrected chi connectivity index (χ4v) is 16.0. The molecule has 8 aromatic carbocycles. The van der Waals surface area contributed by atoms with Gasteiger partial charge in [0.15, 0.2) is 0 Å². The summed E-state index contributed by atoms with van der Waals surface area (Å²) in [5, 5.41) is 16.2. The van der Waals surface area contributed by atoms with Gasteiger partial charge in [0.2, 0.25) is 0 Å². The molecule has 0 bridgehead atoms. The minimum atomic E-state index is -2.53. The molecule has 0 saturated heterocycles. The first-order chi connectivity index (χ1) is 25.7. The van der Waals surface area contributed by atoms with Crippen molar-refractivity contribution >= 4 is 102 Å². The van der Waals surface area contributed by atoms with Crippen LogP contribution in [0.1, 0.15) is 27.7 Å². The van der Waals surface area contributed by atoms with E-state index in [-0.39, 0.29) is 0 Å². The summed E-state index contributed by atoms with van der Waals surface area (Å²) in [7, 11) is 1.35. The van der Waals surface area contributed by atoms with Crippen molar-refractivity contribution in [3.05, 3.63) is 146 Å². The molecule has 1 heterocycles. The Labute approximate surface area is 316 Å². The summed E-state index contributed by atoms with van der Waals surface area (Å²) in [4.78, 5) is 5.19. The van der Waals surface area contributed by atoms with E-state index in [2.05, 4.69) is 204 Å². The van der Waals surface area contributed by atoms with Crippen LogP contribution in [-0.4, -0.2) is 32.1 Å². The average molecular weight is 727 g/mol. The summed E-state index contributed by atoms with van der Waals surface area (Å²) < 4.78 is 0. The predicted molar refractivity (Wildman–Crippen MR) is 242 cm³/mol. The fourth-order valence-electron chi connectivity index (χ4n) is 9.12. The average Bonchev–Trinajstić information content (AvgIpc) is 3.18. The molecule has 0 N–H and O–H groups in total. The van der Waals surface area contributed by atoms with Crippen LogP contribution in [0, 0.1) is 0 Å². The van der Waals surface area contributed by atoms with Gasteiger partial charge in [0, 0.05) is 0 Å². The molecule has 0 spiro atoms. The number of rotatable bonds is 2. The summed E-state index contributed by atoms with van der Waals surface area (Å²) in [5.74, 6) is 0. The van der Waals surface area contributed by atoms with Crippen molar-refractivity contribution in [3.63, 3.8) is 0 Å². The van der Waals surface area contributed by atoms with E-state index in [1.807, 2.05) is 0 Å². The molecule has 0 saturated carbocycles. The Morgan fingerprint density at radius 1 is 0.453 bits per heavy atom. The predicted octanol–water partition coefficient (Wildman–Crippen LogP) is 11.7. The van der Waals surface area contributed by atoms with Gasteiger partial charge in [0.05, 0.1) is 0 Å². The molecule has 2 nitrogen and oxygen atoms in total. The first-order valence-electron chi connectivity index (χ1n) is 19.0. The van der Waals surface area contributed by atoms with Crippen LogP contribution in [0.15, 0.2) is 146 Å². The topological polar surface area (TPSA) is 6.48 Å². The third kappa shape index (κ3) is 5.29. The molecule has 1 aliphatic heterocycles. The SMILES string of the molecule is CC(C)P1c2cc3ccccc3cc2N(C)c2cc3ccccc3cc2[PH](C)(C(C)C)c2ccc3ccccc3c2N(C)c2c1ccc1ccccc21. The van der Waals surface area contributed by atoms with Gasteiger partial charge in [-0.25, -0.2) is 0 Å². The number of hydrogen-bond donors (Lipinski definition) is 0. The fraction of sp³-hybridized carbons (Fsp3) is 0.184. The summed E-state index contributed by atoms with van der Waals surface area (Å²) in [6.07, 6.45) is 0. The van der Waals surface area contributed by atoms with E-state index in [0.29, 0.717) is 11.3 Å². The van der Waals surface area contributed by atoms with E-state index in [1.54, 1.807) is 0 Å². The van der Waals surface area contributed by atoms with Gasteiger partial charge in [-0.15, -0.1) is 0 Å². The Kier molecular flexibility index (Phi) is 8.34. The maximum absolute atomic E-state index is 2.64. The third-order valence-electron chi connectivity index (χ3n) is 12.2. The van der Waals surface area contributed by atoms with Crippen LogP contribution in [0.25, 0.3) is 43.1 Å². The number of benzene rings is 8. The Balaban J connectivity index is 1.52. The molecule has 264 valence electrons. The monoisotopic (exact) mass is 726 g/mol. The van der Waals surface area contributed by atoms with Gasteiger partial charge < -0.3 is 0 Å². The third-order valence-corrected chi connectivity index (χ3v) is 20.3. The van der Waals surface area contributed by atoms with Gasteiger partial charge >= 0.3 is 317 Å². The van der Waals surface area contributed by atoms with Crippen molar-refractivity contribution in [1.82, 2.24) is 0 Å². The van der Waals surface area contributed by atoms with Gasteiger partial charge in [-0.3, -0.25) is 0 Å². The molecule has 0 fully saturated rings. The zero-order chi connectivity index (χ0) is 36.6. The number of fused-ring (bicyclic) bond motifs is 10. The molecule has 0 aromatic heterocycles. The summed E-state index contributed by atoms with van der Waals surface area (Å²) in [6, 6.07) is 55.8. The summed E-state index contributed by atoms with van der Waals surface area (Å²) in [6.45, 7) is 12.4.